The fourth-order valence-electron chi connectivity index (χ4n) is 4.51. The van der Waals surface area contributed by atoms with E-state index in [1.807, 2.05) is 24.4 Å². The molecule has 5 heteroatoms. The molecule has 2 aromatic rings. The SMILES string of the molecule is O=C1Nc2ccc(-c3cnc4c(c3)C3(CC3)CN4)cc2C1(O)C1CC1. The van der Waals surface area contributed by atoms with Crippen LogP contribution in [0.1, 0.15) is 36.8 Å². The number of benzene rings is 1. The molecule has 0 radical (unpaired) electrons. The molecule has 126 valence electrons. The first kappa shape index (κ1) is 13.8. The number of fused-ring (bicyclic) bond motifs is 3. The third-order valence-electron chi connectivity index (χ3n) is 6.43. The van der Waals surface area contributed by atoms with E-state index in [4.69, 9.17) is 0 Å². The average Bonchev–Trinajstić information content (AvgIpc) is 3.52. The number of nitrogens with zero attached hydrogens (tertiary/aromatic N) is 1. The van der Waals surface area contributed by atoms with Crippen molar-refractivity contribution < 1.29 is 9.90 Å². The molecule has 1 spiro atoms. The molecule has 2 saturated carbocycles. The van der Waals surface area contributed by atoms with Gasteiger partial charge in [-0.2, -0.15) is 0 Å². The third kappa shape index (κ3) is 1.71. The van der Waals surface area contributed by atoms with Gasteiger partial charge in [0, 0.05) is 46.5 Å². The molecule has 1 aromatic carbocycles. The Morgan fingerprint density at radius 1 is 1.12 bits per heavy atom. The Morgan fingerprint density at radius 3 is 2.68 bits per heavy atom. The van der Waals surface area contributed by atoms with Gasteiger partial charge in [0.25, 0.3) is 5.91 Å². The van der Waals surface area contributed by atoms with Crippen LogP contribution in [0.5, 0.6) is 0 Å². The highest BCUT2D eigenvalue weighted by atomic mass is 16.3. The van der Waals surface area contributed by atoms with Crippen molar-refractivity contribution in [2.24, 2.45) is 5.92 Å². The Morgan fingerprint density at radius 2 is 1.92 bits per heavy atom. The molecule has 6 rings (SSSR count). The van der Waals surface area contributed by atoms with Gasteiger partial charge in [-0.3, -0.25) is 4.79 Å². The highest BCUT2D eigenvalue weighted by Crippen LogP contribution is 2.55. The zero-order chi connectivity index (χ0) is 16.8. The van der Waals surface area contributed by atoms with Crippen molar-refractivity contribution in [1.82, 2.24) is 4.98 Å². The smallest absolute Gasteiger partial charge is 0.261 e. The zero-order valence-electron chi connectivity index (χ0n) is 13.8. The van der Waals surface area contributed by atoms with E-state index in [9.17, 15) is 9.90 Å². The van der Waals surface area contributed by atoms with Crippen LogP contribution >= 0.6 is 0 Å². The lowest BCUT2D eigenvalue weighted by Gasteiger charge is -2.20. The molecule has 0 saturated heterocycles. The van der Waals surface area contributed by atoms with Crippen molar-refractivity contribution >= 4 is 17.4 Å². The van der Waals surface area contributed by atoms with E-state index in [0.29, 0.717) is 5.41 Å². The lowest BCUT2D eigenvalue weighted by atomic mass is 9.88. The molecule has 4 aliphatic rings. The fraction of sp³-hybridized carbons (Fsp3) is 0.400. The number of aromatic nitrogens is 1. The van der Waals surface area contributed by atoms with E-state index >= 15 is 0 Å². The highest BCUT2D eigenvalue weighted by Gasteiger charge is 2.55. The molecular formula is C20H19N3O2. The van der Waals surface area contributed by atoms with E-state index in [0.717, 1.165) is 47.6 Å². The number of anilines is 2. The topological polar surface area (TPSA) is 74.2 Å². The number of nitrogens with one attached hydrogen (secondary N) is 2. The number of aliphatic hydroxyl groups is 1. The first-order valence-electron chi connectivity index (χ1n) is 9.03. The maximum absolute atomic E-state index is 12.3. The van der Waals surface area contributed by atoms with Crippen LogP contribution in [0.3, 0.4) is 0 Å². The van der Waals surface area contributed by atoms with Crippen molar-refractivity contribution in [2.45, 2.75) is 36.7 Å². The number of rotatable bonds is 2. The summed E-state index contributed by atoms with van der Waals surface area (Å²) in [6, 6.07) is 8.11. The monoisotopic (exact) mass is 333 g/mol. The van der Waals surface area contributed by atoms with Crippen molar-refractivity contribution in [3.63, 3.8) is 0 Å². The van der Waals surface area contributed by atoms with Gasteiger partial charge in [-0.1, -0.05) is 6.07 Å². The second kappa shape index (κ2) is 4.22. The molecule has 3 N–H and O–H groups in total. The van der Waals surface area contributed by atoms with Crippen LogP contribution in [-0.2, 0) is 15.8 Å². The van der Waals surface area contributed by atoms with Crippen molar-refractivity contribution in [1.29, 1.82) is 0 Å². The summed E-state index contributed by atoms with van der Waals surface area (Å²) < 4.78 is 0. The Balaban J connectivity index is 1.47. The van der Waals surface area contributed by atoms with Gasteiger partial charge in [0.05, 0.1) is 0 Å². The summed E-state index contributed by atoms with van der Waals surface area (Å²) in [5.74, 6) is 0.769. The Labute approximate surface area is 145 Å². The summed E-state index contributed by atoms with van der Waals surface area (Å²) in [6.45, 7) is 0.989. The molecule has 2 aliphatic carbocycles. The minimum absolute atomic E-state index is 0.0427. The second-order valence-corrected chi connectivity index (χ2v) is 8.01. The van der Waals surface area contributed by atoms with E-state index < -0.39 is 5.60 Å². The van der Waals surface area contributed by atoms with Crippen molar-refractivity contribution in [3.8, 4) is 11.1 Å². The van der Waals surface area contributed by atoms with Gasteiger partial charge in [0.1, 0.15) is 5.82 Å². The summed E-state index contributed by atoms with van der Waals surface area (Å²) in [5, 5.41) is 17.3. The minimum atomic E-state index is -1.37. The van der Waals surface area contributed by atoms with Crippen LogP contribution in [0, 0.1) is 5.92 Å². The Bertz CT molecular complexity index is 946. The van der Waals surface area contributed by atoms with Gasteiger partial charge in [-0.15, -0.1) is 0 Å². The van der Waals surface area contributed by atoms with Gasteiger partial charge in [0.2, 0.25) is 0 Å². The normalized spacial score (nSPS) is 27.6. The summed E-state index contributed by atoms with van der Waals surface area (Å²) >= 11 is 0. The lowest BCUT2D eigenvalue weighted by molar-refractivity contribution is -0.135. The quantitative estimate of drug-likeness (QED) is 0.790. The zero-order valence-corrected chi connectivity index (χ0v) is 13.8. The summed E-state index contributed by atoms with van der Waals surface area (Å²) in [7, 11) is 0. The van der Waals surface area contributed by atoms with E-state index in [1.54, 1.807) is 0 Å². The lowest BCUT2D eigenvalue weighted by Crippen LogP contribution is -2.36. The number of carbonyl (C=O) groups excluding carboxylic acids is 1. The van der Waals surface area contributed by atoms with E-state index in [2.05, 4.69) is 21.7 Å². The van der Waals surface area contributed by atoms with Crippen molar-refractivity contribution in [2.75, 3.05) is 17.2 Å². The van der Waals surface area contributed by atoms with E-state index in [-0.39, 0.29) is 11.8 Å². The van der Waals surface area contributed by atoms with Crippen LogP contribution in [0.25, 0.3) is 11.1 Å². The fourth-order valence-corrected chi connectivity index (χ4v) is 4.51. The largest absolute Gasteiger partial charge is 0.375 e. The molecular weight excluding hydrogens is 314 g/mol. The first-order chi connectivity index (χ1) is 12.1. The summed E-state index contributed by atoms with van der Waals surface area (Å²) in [5.41, 5.74) is 3.75. The van der Waals surface area contributed by atoms with Gasteiger partial charge in [0.15, 0.2) is 5.60 Å². The van der Waals surface area contributed by atoms with Crippen LogP contribution < -0.4 is 10.6 Å². The molecule has 2 fully saturated rings. The molecule has 1 unspecified atom stereocenters. The first-order valence-corrected chi connectivity index (χ1v) is 9.03. The second-order valence-electron chi connectivity index (χ2n) is 8.01. The molecule has 5 nitrogen and oxygen atoms in total. The molecule has 25 heavy (non-hydrogen) atoms. The Kier molecular flexibility index (Phi) is 2.34. The third-order valence-corrected chi connectivity index (χ3v) is 6.43. The molecule has 1 atom stereocenters. The Hall–Kier alpha value is -2.40. The standard InChI is InChI=1S/C20H19N3O2/c24-18-20(25,13-2-3-13)14-7-11(1-4-16(14)23-18)12-8-15-17(21-9-12)22-10-19(15)5-6-19/h1,4,7-9,13,25H,2-3,5-6,10H2,(H,21,22)(H,23,24). The van der Waals surface area contributed by atoms with Gasteiger partial charge >= 0.3 is 0 Å². The highest BCUT2D eigenvalue weighted by molar-refractivity contribution is 6.05. The number of amides is 1. The molecule has 1 aromatic heterocycles. The summed E-state index contributed by atoms with van der Waals surface area (Å²) in [4.78, 5) is 17.0. The average molecular weight is 333 g/mol. The van der Waals surface area contributed by atoms with Gasteiger partial charge < -0.3 is 15.7 Å². The number of hydrogen-bond donors (Lipinski definition) is 3. The maximum Gasteiger partial charge on any atom is 0.261 e. The van der Waals surface area contributed by atoms with Gasteiger partial charge in [-0.05, 0) is 49.4 Å². The minimum Gasteiger partial charge on any atom is -0.375 e. The predicted octanol–water partition coefficient (Wildman–Crippen LogP) is 2.76. The summed E-state index contributed by atoms with van der Waals surface area (Å²) in [6.07, 6.45) is 6.14. The van der Waals surface area contributed by atoms with Crippen LogP contribution in [0.15, 0.2) is 30.5 Å². The predicted molar refractivity (Wildman–Crippen MR) is 94.3 cm³/mol. The maximum atomic E-state index is 12.3. The number of hydrogen-bond acceptors (Lipinski definition) is 4. The molecule has 0 bridgehead atoms. The van der Waals surface area contributed by atoms with Crippen molar-refractivity contribution in [3.05, 3.63) is 41.6 Å². The molecule has 3 heterocycles. The number of carbonyl (C=O) groups is 1. The van der Waals surface area contributed by atoms with E-state index in [1.165, 1.54) is 18.4 Å². The van der Waals surface area contributed by atoms with Gasteiger partial charge in [-0.25, -0.2) is 4.98 Å². The van der Waals surface area contributed by atoms with Crippen LogP contribution in [0.2, 0.25) is 0 Å². The number of pyridine rings is 1. The molecule has 1 amide bonds. The molecule has 2 aliphatic heterocycles. The van der Waals surface area contributed by atoms with Crippen LogP contribution in [-0.4, -0.2) is 22.5 Å². The van der Waals surface area contributed by atoms with Crippen LogP contribution in [0.4, 0.5) is 11.5 Å².